The first-order valence-electron chi connectivity index (χ1n) is 4.00. The van der Waals surface area contributed by atoms with Gasteiger partial charge >= 0.3 is 0 Å². The Kier molecular flexibility index (Phi) is 6.38. The molecule has 0 heteroatoms. The lowest BCUT2D eigenvalue weighted by molar-refractivity contribution is 0.659. The van der Waals surface area contributed by atoms with Crippen LogP contribution in [0.25, 0.3) is 0 Å². The van der Waals surface area contributed by atoms with E-state index >= 15 is 0 Å². The SMILES string of the molecule is C#CCCCCC[C](C)C. The van der Waals surface area contributed by atoms with Crippen LogP contribution in [-0.4, -0.2) is 0 Å². The van der Waals surface area contributed by atoms with Crippen LogP contribution >= 0.6 is 0 Å². The van der Waals surface area contributed by atoms with E-state index in [1.807, 2.05) is 0 Å². The Morgan fingerprint density at radius 3 is 2.40 bits per heavy atom. The molecule has 0 atom stereocenters. The van der Waals surface area contributed by atoms with Crippen LogP contribution in [0, 0.1) is 18.3 Å². The van der Waals surface area contributed by atoms with Gasteiger partial charge in [-0.3, -0.25) is 0 Å². The summed E-state index contributed by atoms with van der Waals surface area (Å²) in [6.45, 7) is 4.36. The maximum atomic E-state index is 5.12. The minimum atomic E-state index is 0.947. The molecule has 0 nitrogen and oxygen atoms in total. The molecule has 57 valence electrons. The number of rotatable bonds is 5. The van der Waals surface area contributed by atoms with Crippen molar-refractivity contribution in [2.45, 2.75) is 46.0 Å². The van der Waals surface area contributed by atoms with Gasteiger partial charge in [0.1, 0.15) is 0 Å². The molecule has 10 heavy (non-hydrogen) atoms. The van der Waals surface area contributed by atoms with Crippen LogP contribution in [0.4, 0.5) is 0 Å². The van der Waals surface area contributed by atoms with E-state index in [-0.39, 0.29) is 0 Å². The van der Waals surface area contributed by atoms with E-state index in [9.17, 15) is 0 Å². The van der Waals surface area contributed by atoms with E-state index in [1.165, 1.54) is 31.6 Å². The average molecular weight is 137 g/mol. The van der Waals surface area contributed by atoms with Gasteiger partial charge in [-0.25, -0.2) is 0 Å². The molecule has 0 aliphatic rings. The fraction of sp³-hybridized carbons (Fsp3) is 0.700. The van der Waals surface area contributed by atoms with E-state index in [1.54, 1.807) is 0 Å². The molecule has 0 heterocycles. The van der Waals surface area contributed by atoms with Gasteiger partial charge in [-0.15, -0.1) is 12.3 Å². The van der Waals surface area contributed by atoms with E-state index in [2.05, 4.69) is 19.8 Å². The Morgan fingerprint density at radius 2 is 1.90 bits per heavy atom. The Balaban J connectivity index is 2.86. The summed E-state index contributed by atoms with van der Waals surface area (Å²) in [6.07, 6.45) is 11.1. The van der Waals surface area contributed by atoms with Crippen LogP contribution in [-0.2, 0) is 0 Å². The van der Waals surface area contributed by atoms with Gasteiger partial charge in [-0.05, 0) is 18.8 Å². The van der Waals surface area contributed by atoms with E-state index in [0.717, 1.165) is 6.42 Å². The van der Waals surface area contributed by atoms with Crippen molar-refractivity contribution in [3.05, 3.63) is 5.92 Å². The zero-order valence-electron chi connectivity index (χ0n) is 7.11. The van der Waals surface area contributed by atoms with Crippen LogP contribution in [0.2, 0.25) is 0 Å². The highest BCUT2D eigenvalue weighted by atomic mass is 14.0. The Bertz CT molecular complexity index is 95.1. The molecular formula is C10H17. The molecule has 0 amide bonds. The Hall–Kier alpha value is -0.440. The average Bonchev–Trinajstić information content (AvgIpc) is 1.87. The van der Waals surface area contributed by atoms with Gasteiger partial charge in [0, 0.05) is 6.42 Å². The molecule has 0 saturated carbocycles. The van der Waals surface area contributed by atoms with Crippen LogP contribution in [0.1, 0.15) is 46.0 Å². The minimum Gasteiger partial charge on any atom is -0.120 e. The van der Waals surface area contributed by atoms with Crippen LogP contribution in [0.15, 0.2) is 0 Å². The number of hydrogen-bond acceptors (Lipinski definition) is 0. The molecule has 0 aliphatic heterocycles. The van der Waals surface area contributed by atoms with Crippen molar-refractivity contribution >= 4 is 0 Å². The fourth-order valence-electron chi connectivity index (χ4n) is 0.882. The molecule has 0 spiro atoms. The molecule has 0 N–H and O–H groups in total. The van der Waals surface area contributed by atoms with Crippen molar-refractivity contribution < 1.29 is 0 Å². The molecule has 0 aromatic rings. The first-order valence-corrected chi connectivity index (χ1v) is 4.00. The Labute approximate surface area is 65.0 Å². The maximum absolute atomic E-state index is 5.12. The van der Waals surface area contributed by atoms with Gasteiger partial charge < -0.3 is 0 Å². The highest BCUT2D eigenvalue weighted by molar-refractivity contribution is 4.83. The van der Waals surface area contributed by atoms with Crippen LogP contribution in [0.3, 0.4) is 0 Å². The maximum Gasteiger partial charge on any atom is 0.00860 e. The topological polar surface area (TPSA) is 0 Å². The molecule has 1 radical (unpaired) electrons. The van der Waals surface area contributed by atoms with Gasteiger partial charge in [0.05, 0.1) is 0 Å². The minimum absolute atomic E-state index is 0.947. The predicted molar refractivity (Wildman–Crippen MR) is 46.5 cm³/mol. The third-order valence-electron chi connectivity index (χ3n) is 1.50. The van der Waals surface area contributed by atoms with Crippen molar-refractivity contribution in [3.63, 3.8) is 0 Å². The first-order chi connectivity index (χ1) is 4.77. The van der Waals surface area contributed by atoms with Crippen molar-refractivity contribution in [2.24, 2.45) is 0 Å². The lowest BCUT2D eigenvalue weighted by Gasteiger charge is -2.01. The number of unbranched alkanes of at least 4 members (excludes halogenated alkanes) is 3. The first kappa shape index (κ1) is 9.56. The molecule has 0 aromatic heterocycles. The largest absolute Gasteiger partial charge is 0.120 e. The van der Waals surface area contributed by atoms with Crippen molar-refractivity contribution in [3.8, 4) is 12.3 Å². The normalized spacial score (nSPS) is 9.80. The predicted octanol–water partition coefficient (Wildman–Crippen LogP) is 3.18. The molecule has 0 aliphatic carbocycles. The van der Waals surface area contributed by atoms with Gasteiger partial charge in [0.2, 0.25) is 0 Å². The zero-order valence-corrected chi connectivity index (χ0v) is 7.11. The molecule has 0 saturated heterocycles. The van der Waals surface area contributed by atoms with Gasteiger partial charge in [0.15, 0.2) is 0 Å². The standard InChI is InChI=1S/C10H17/c1-4-5-6-7-8-9-10(2)3/h1H,5-9H2,2-3H3. The molecule has 0 aromatic carbocycles. The van der Waals surface area contributed by atoms with E-state index < -0.39 is 0 Å². The highest BCUT2D eigenvalue weighted by Crippen LogP contribution is 2.10. The van der Waals surface area contributed by atoms with Crippen molar-refractivity contribution in [1.82, 2.24) is 0 Å². The number of terminal acetylenes is 1. The second-order valence-electron chi connectivity index (χ2n) is 2.97. The molecular weight excluding hydrogens is 120 g/mol. The third kappa shape index (κ3) is 7.56. The number of hydrogen-bond donors (Lipinski definition) is 0. The van der Waals surface area contributed by atoms with Crippen LogP contribution in [0.5, 0.6) is 0 Å². The van der Waals surface area contributed by atoms with E-state index in [0.29, 0.717) is 0 Å². The van der Waals surface area contributed by atoms with Gasteiger partial charge in [-0.2, -0.15) is 0 Å². The molecule has 0 fully saturated rings. The second-order valence-corrected chi connectivity index (χ2v) is 2.97. The lowest BCUT2D eigenvalue weighted by atomic mass is 10.0. The summed E-state index contributed by atoms with van der Waals surface area (Å²) < 4.78 is 0. The molecule has 0 rings (SSSR count). The van der Waals surface area contributed by atoms with Crippen molar-refractivity contribution in [1.29, 1.82) is 0 Å². The summed E-state index contributed by atoms with van der Waals surface area (Å²) in [5.41, 5.74) is 0. The van der Waals surface area contributed by atoms with Crippen LogP contribution < -0.4 is 0 Å². The van der Waals surface area contributed by atoms with Crippen molar-refractivity contribution in [2.75, 3.05) is 0 Å². The van der Waals surface area contributed by atoms with E-state index in [4.69, 9.17) is 6.42 Å². The van der Waals surface area contributed by atoms with Gasteiger partial charge in [-0.1, -0.05) is 26.7 Å². The quantitative estimate of drug-likeness (QED) is 0.403. The summed E-state index contributed by atoms with van der Waals surface area (Å²) in [5, 5.41) is 0. The lowest BCUT2D eigenvalue weighted by Crippen LogP contribution is -1.84. The van der Waals surface area contributed by atoms with Gasteiger partial charge in [0.25, 0.3) is 0 Å². The summed E-state index contributed by atoms with van der Waals surface area (Å²) in [7, 11) is 0. The summed E-state index contributed by atoms with van der Waals surface area (Å²) in [4.78, 5) is 0. The third-order valence-corrected chi connectivity index (χ3v) is 1.50. The molecule has 0 bridgehead atoms. The highest BCUT2D eigenvalue weighted by Gasteiger charge is 1.92. The zero-order chi connectivity index (χ0) is 7.82. The summed E-state index contributed by atoms with van der Waals surface area (Å²) >= 11 is 0. The summed E-state index contributed by atoms with van der Waals surface area (Å²) in [5.74, 6) is 4.18. The second kappa shape index (κ2) is 6.68. The fourth-order valence-corrected chi connectivity index (χ4v) is 0.882. The molecule has 0 unspecified atom stereocenters. The summed E-state index contributed by atoms with van der Waals surface area (Å²) in [6, 6.07) is 0. The smallest absolute Gasteiger partial charge is 0.00860 e. The monoisotopic (exact) mass is 137 g/mol. The Morgan fingerprint density at radius 1 is 1.20 bits per heavy atom.